The molecule has 0 spiro atoms. The Morgan fingerprint density at radius 3 is 2.61 bits per heavy atom. The van der Waals surface area contributed by atoms with E-state index in [-0.39, 0.29) is 18.0 Å². The predicted molar refractivity (Wildman–Crippen MR) is 75.1 cm³/mol. The first-order valence-electron chi connectivity index (χ1n) is 6.09. The fourth-order valence-corrected chi connectivity index (χ4v) is 2.67. The minimum absolute atomic E-state index is 0.0166. The van der Waals surface area contributed by atoms with Gasteiger partial charge in [0.15, 0.2) is 0 Å². The highest BCUT2D eigenvalue weighted by molar-refractivity contribution is 9.10. The standard InChI is InChI=1S/C13H18BrN3O/c1-9(15)13(10-2-4-11(14)5-3-10)17-7-6-16-12(18)8-17/h2-5,9,13H,6-8,15H2,1H3,(H,16,18). The van der Waals surface area contributed by atoms with Crippen molar-refractivity contribution in [1.29, 1.82) is 0 Å². The van der Waals surface area contributed by atoms with E-state index in [4.69, 9.17) is 5.73 Å². The Hall–Kier alpha value is -0.910. The lowest BCUT2D eigenvalue weighted by atomic mass is 9.98. The van der Waals surface area contributed by atoms with Gasteiger partial charge in [0, 0.05) is 23.6 Å². The van der Waals surface area contributed by atoms with Crippen LogP contribution in [0.1, 0.15) is 18.5 Å². The van der Waals surface area contributed by atoms with Crippen molar-refractivity contribution >= 4 is 21.8 Å². The third kappa shape index (κ3) is 3.10. The molecule has 1 heterocycles. The van der Waals surface area contributed by atoms with E-state index in [1.165, 1.54) is 0 Å². The van der Waals surface area contributed by atoms with Gasteiger partial charge < -0.3 is 11.1 Å². The Morgan fingerprint density at radius 1 is 1.39 bits per heavy atom. The second-order valence-electron chi connectivity index (χ2n) is 4.68. The van der Waals surface area contributed by atoms with Crippen LogP contribution in [0.4, 0.5) is 0 Å². The number of piperazine rings is 1. The van der Waals surface area contributed by atoms with Gasteiger partial charge >= 0.3 is 0 Å². The molecule has 0 aliphatic carbocycles. The Bertz CT molecular complexity index is 419. The van der Waals surface area contributed by atoms with E-state index in [0.29, 0.717) is 13.1 Å². The third-order valence-electron chi connectivity index (χ3n) is 3.17. The van der Waals surface area contributed by atoms with Crippen molar-refractivity contribution in [2.75, 3.05) is 19.6 Å². The number of rotatable bonds is 3. The number of nitrogens with zero attached hydrogens (tertiary/aromatic N) is 1. The number of nitrogens with two attached hydrogens (primary N) is 1. The fraction of sp³-hybridized carbons (Fsp3) is 0.462. The van der Waals surface area contributed by atoms with Gasteiger partial charge in [0.05, 0.1) is 12.6 Å². The number of nitrogens with one attached hydrogen (secondary N) is 1. The molecule has 2 rings (SSSR count). The summed E-state index contributed by atoms with van der Waals surface area (Å²) in [5.41, 5.74) is 7.25. The molecule has 0 bridgehead atoms. The zero-order valence-electron chi connectivity index (χ0n) is 10.4. The molecule has 1 aliphatic heterocycles. The maximum atomic E-state index is 11.5. The third-order valence-corrected chi connectivity index (χ3v) is 3.70. The SMILES string of the molecule is CC(N)C(c1ccc(Br)cc1)N1CCNC(=O)C1. The van der Waals surface area contributed by atoms with Gasteiger partial charge in [-0.05, 0) is 24.6 Å². The summed E-state index contributed by atoms with van der Waals surface area (Å²) in [7, 11) is 0. The summed E-state index contributed by atoms with van der Waals surface area (Å²) < 4.78 is 1.05. The lowest BCUT2D eigenvalue weighted by Gasteiger charge is -2.36. The van der Waals surface area contributed by atoms with Crippen LogP contribution in [-0.2, 0) is 4.79 Å². The Morgan fingerprint density at radius 2 is 2.06 bits per heavy atom. The maximum Gasteiger partial charge on any atom is 0.234 e. The summed E-state index contributed by atoms with van der Waals surface area (Å²) in [5, 5.41) is 2.84. The topological polar surface area (TPSA) is 58.4 Å². The first kappa shape index (κ1) is 13.5. The Kier molecular flexibility index (Phi) is 4.37. The van der Waals surface area contributed by atoms with Gasteiger partial charge in [-0.25, -0.2) is 0 Å². The first-order chi connectivity index (χ1) is 8.58. The molecule has 1 aliphatic rings. The largest absolute Gasteiger partial charge is 0.354 e. The van der Waals surface area contributed by atoms with Gasteiger partial charge in [0.25, 0.3) is 0 Å². The quantitative estimate of drug-likeness (QED) is 0.884. The highest BCUT2D eigenvalue weighted by atomic mass is 79.9. The van der Waals surface area contributed by atoms with Crippen molar-refractivity contribution in [3.05, 3.63) is 34.3 Å². The van der Waals surface area contributed by atoms with E-state index in [1.807, 2.05) is 19.1 Å². The Labute approximate surface area is 116 Å². The summed E-state index contributed by atoms with van der Waals surface area (Å²) in [6, 6.07) is 8.21. The van der Waals surface area contributed by atoms with Crippen LogP contribution < -0.4 is 11.1 Å². The fourth-order valence-electron chi connectivity index (χ4n) is 2.40. The monoisotopic (exact) mass is 311 g/mol. The van der Waals surface area contributed by atoms with Crippen LogP contribution in [0.2, 0.25) is 0 Å². The van der Waals surface area contributed by atoms with E-state index in [2.05, 4.69) is 38.3 Å². The number of halogens is 1. The van der Waals surface area contributed by atoms with Crippen LogP contribution in [0.15, 0.2) is 28.7 Å². The summed E-state index contributed by atoms with van der Waals surface area (Å²) in [6.45, 7) is 3.94. The van der Waals surface area contributed by atoms with E-state index < -0.39 is 0 Å². The molecule has 3 N–H and O–H groups in total. The number of hydrogen-bond acceptors (Lipinski definition) is 3. The van der Waals surface area contributed by atoms with Crippen LogP contribution >= 0.6 is 15.9 Å². The molecule has 0 saturated carbocycles. The smallest absolute Gasteiger partial charge is 0.234 e. The van der Waals surface area contributed by atoms with Crippen LogP contribution in [0.25, 0.3) is 0 Å². The highest BCUT2D eigenvalue weighted by Gasteiger charge is 2.27. The molecule has 5 heteroatoms. The molecule has 1 saturated heterocycles. The van der Waals surface area contributed by atoms with Gasteiger partial charge in [-0.15, -0.1) is 0 Å². The number of amides is 1. The number of carbonyl (C=O) groups excluding carboxylic acids is 1. The van der Waals surface area contributed by atoms with E-state index in [9.17, 15) is 4.79 Å². The Balaban J connectivity index is 2.22. The van der Waals surface area contributed by atoms with Gasteiger partial charge in [-0.3, -0.25) is 9.69 Å². The summed E-state index contributed by atoms with van der Waals surface area (Å²) in [4.78, 5) is 13.6. The van der Waals surface area contributed by atoms with Crippen LogP contribution in [-0.4, -0.2) is 36.5 Å². The van der Waals surface area contributed by atoms with Crippen LogP contribution in [0.3, 0.4) is 0 Å². The molecule has 4 nitrogen and oxygen atoms in total. The molecule has 1 aromatic carbocycles. The van der Waals surface area contributed by atoms with Gasteiger partial charge in [-0.2, -0.15) is 0 Å². The summed E-state index contributed by atoms with van der Waals surface area (Å²) in [6.07, 6.45) is 0. The summed E-state index contributed by atoms with van der Waals surface area (Å²) >= 11 is 3.43. The number of benzene rings is 1. The lowest BCUT2D eigenvalue weighted by Crippen LogP contribution is -2.52. The molecular formula is C13H18BrN3O. The molecule has 1 fully saturated rings. The summed E-state index contributed by atoms with van der Waals surface area (Å²) in [5.74, 6) is 0.0732. The van der Waals surface area contributed by atoms with Gasteiger partial charge in [0.1, 0.15) is 0 Å². The molecule has 0 aromatic heterocycles. The molecule has 2 unspecified atom stereocenters. The average Bonchev–Trinajstić information content (AvgIpc) is 2.32. The van der Waals surface area contributed by atoms with Crippen molar-refractivity contribution in [3.63, 3.8) is 0 Å². The number of carbonyl (C=O) groups is 1. The number of hydrogen-bond donors (Lipinski definition) is 2. The second kappa shape index (κ2) is 5.82. The average molecular weight is 312 g/mol. The van der Waals surface area contributed by atoms with E-state index >= 15 is 0 Å². The van der Waals surface area contributed by atoms with Crippen molar-refractivity contribution in [3.8, 4) is 0 Å². The normalized spacial score (nSPS) is 20.3. The highest BCUT2D eigenvalue weighted by Crippen LogP contribution is 2.25. The van der Waals surface area contributed by atoms with Crippen LogP contribution in [0, 0.1) is 0 Å². The first-order valence-corrected chi connectivity index (χ1v) is 6.89. The molecule has 0 radical (unpaired) electrons. The van der Waals surface area contributed by atoms with Crippen molar-refractivity contribution in [1.82, 2.24) is 10.2 Å². The zero-order valence-corrected chi connectivity index (χ0v) is 12.0. The molecule has 18 heavy (non-hydrogen) atoms. The lowest BCUT2D eigenvalue weighted by molar-refractivity contribution is -0.125. The second-order valence-corrected chi connectivity index (χ2v) is 5.59. The van der Waals surface area contributed by atoms with E-state index in [0.717, 1.165) is 16.6 Å². The maximum absolute atomic E-state index is 11.5. The minimum Gasteiger partial charge on any atom is -0.354 e. The van der Waals surface area contributed by atoms with E-state index in [1.54, 1.807) is 0 Å². The minimum atomic E-state index is -0.0166. The predicted octanol–water partition coefficient (Wildman–Crippen LogP) is 1.27. The molecule has 98 valence electrons. The van der Waals surface area contributed by atoms with Crippen molar-refractivity contribution in [2.24, 2.45) is 5.73 Å². The zero-order chi connectivity index (χ0) is 13.1. The van der Waals surface area contributed by atoms with Gasteiger partial charge in [0.2, 0.25) is 5.91 Å². The van der Waals surface area contributed by atoms with Crippen molar-refractivity contribution in [2.45, 2.75) is 19.0 Å². The van der Waals surface area contributed by atoms with Gasteiger partial charge in [-0.1, -0.05) is 28.1 Å². The molecule has 2 atom stereocenters. The van der Waals surface area contributed by atoms with Crippen molar-refractivity contribution < 1.29 is 4.79 Å². The molecule has 1 aromatic rings. The molecular weight excluding hydrogens is 294 g/mol. The van der Waals surface area contributed by atoms with Crippen LogP contribution in [0.5, 0.6) is 0 Å². The molecule has 1 amide bonds.